The highest BCUT2D eigenvalue weighted by atomic mass is 79.9. The summed E-state index contributed by atoms with van der Waals surface area (Å²) in [5.74, 6) is -0.443. The number of pyridine rings is 1. The van der Waals surface area contributed by atoms with Crippen LogP contribution in [0.15, 0.2) is 27.5 Å². The molecular formula is C13H13BrFNO2. The van der Waals surface area contributed by atoms with Crippen LogP contribution >= 0.6 is 15.9 Å². The lowest BCUT2D eigenvalue weighted by molar-refractivity contribution is 0.284. The van der Waals surface area contributed by atoms with Crippen molar-refractivity contribution in [2.75, 3.05) is 6.61 Å². The number of aryl methyl sites for hydroxylation is 1. The number of hydrogen-bond donors (Lipinski definition) is 2. The minimum atomic E-state index is -0.443. The lowest BCUT2D eigenvalue weighted by atomic mass is 10.1. The second kappa shape index (κ2) is 5.63. The predicted molar refractivity (Wildman–Crippen MR) is 72.3 cm³/mol. The summed E-state index contributed by atoms with van der Waals surface area (Å²) in [4.78, 5) is 14.5. The zero-order valence-corrected chi connectivity index (χ0v) is 11.3. The summed E-state index contributed by atoms with van der Waals surface area (Å²) in [5.41, 5.74) is 0.525. The van der Waals surface area contributed by atoms with Gasteiger partial charge in [-0.15, -0.1) is 0 Å². The highest BCUT2D eigenvalue weighted by Gasteiger charge is 2.06. The molecule has 2 rings (SSSR count). The van der Waals surface area contributed by atoms with E-state index in [-0.39, 0.29) is 12.2 Å². The van der Waals surface area contributed by atoms with Crippen molar-refractivity contribution in [3.8, 4) is 0 Å². The molecule has 1 heterocycles. The van der Waals surface area contributed by atoms with Crippen LogP contribution in [-0.2, 0) is 6.42 Å². The number of fused-ring (bicyclic) bond motifs is 1. The molecule has 0 saturated carbocycles. The Hall–Kier alpha value is -1.20. The first kappa shape index (κ1) is 13.2. The number of aromatic amines is 1. The average molecular weight is 314 g/mol. The van der Waals surface area contributed by atoms with E-state index in [0.717, 1.165) is 12.1 Å². The monoisotopic (exact) mass is 313 g/mol. The lowest BCUT2D eigenvalue weighted by Gasteiger charge is -2.04. The summed E-state index contributed by atoms with van der Waals surface area (Å²) < 4.78 is 13.7. The molecule has 0 fully saturated rings. The molecule has 0 radical (unpaired) electrons. The van der Waals surface area contributed by atoms with Crippen LogP contribution in [0.3, 0.4) is 0 Å². The molecule has 0 saturated heterocycles. The van der Waals surface area contributed by atoms with E-state index in [2.05, 4.69) is 20.9 Å². The van der Waals surface area contributed by atoms with E-state index < -0.39 is 5.82 Å². The second-order valence-corrected chi connectivity index (χ2v) is 5.01. The van der Waals surface area contributed by atoms with Crippen LogP contribution in [0, 0.1) is 5.82 Å². The van der Waals surface area contributed by atoms with Crippen LogP contribution in [-0.4, -0.2) is 16.7 Å². The standard InChI is InChI=1S/C13H13BrFNO2/c14-11-6-8-5-9(3-1-2-4-17)16-13(18)10(8)7-12(11)15/h5-7,17H,1-4H2,(H,16,18). The molecule has 1 aromatic heterocycles. The van der Waals surface area contributed by atoms with E-state index in [0.29, 0.717) is 28.1 Å². The van der Waals surface area contributed by atoms with Crippen LogP contribution in [0.25, 0.3) is 10.8 Å². The number of aromatic nitrogens is 1. The normalized spacial score (nSPS) is 11.1. The fourth-order valence-corrected chi connectivity index (χ4v) is 2.24. The molecule has 0 amide bonds. The third kappa shape index (κ3) is 2.79. The van der Waals surface area contributed by atoms with Crippen molar-refractivity contribution in [3.05, 3.63) is 44.5 Å². The number of halogens is 2. The van der Waals surface area contributed by atoms with Crippen LogP contribution in [0.4, 0.5) is 4.39 Å². The first-order valence-electron chi connectivity index (χ1n) is 5.73. The topological polar surface area (TPSA) is 53.1 Å². The maximum Gasteiger partial charge on any atom is 0.256 e. The Morgan fingerprint density at radius 3 is 2.78 bits per heavy atom. The number of unbranched alkanes of at least 4 members (excludes halogenated alkanes) is 1. The Labute approximate surface area is 112 Å². The predicted octanol–water partition coefficient (Wildman–Crippen LogP) is 2.74. The van der Waals surface area contributed by atoms with Crippen molar-refractivity contribution >= 4 is 26.7 Å². The molecule has 18 heavy (non-hydrogen) atoms. The Morgan fingerprint density at radius 2 is 2.06 bits per heavy atom. The van der Waals surface area contributed by atoms with Gasteiger partial charge in [-0.1, -0.05) is 0 Å². The summed E-state index contributed by atoms with van der Waals surface area (Å²) in [7, 11) is 0. The van der Waals surface area contributed by atoms with Crippen molar-refractivity contribution < 1.29 is 9.50 Å². The van der Waals surface area contributed by atoms with Crippen molar-refractivity contribution in [2.24, 2.45) is 0 Å². The average Bonchev–Trinajstić information content (AvgIpc) is 2.32. The van der Waals surface area contributed by atoms with E-state index in [1.54, 1.807) is 6.07 Å². The molecule has 1 aromatic carbocycles. The number of aliphatic hydroxyl groups excluding tert-OH is 1. The number of aliphatic hydroxyl groups is 1. The molecule has 96 valence electrons. The van der Waals surface area contributed by atoms with Gasteiger partial charge in [0.2, 0.25) is 0 Å². The van der Waals surface area contributed by atoms with Gasteiger partial charge < -0.3 is 10.1 Å². The maximum atomic E-state index is 13.4. The number of hydrogen-bond acceptors (Lipinski definition) is 2. The zero-order chi connectivity index (χ0) is 13.1. The van der Waals surface area contributed by atoms with Crippen molar-refractivity contribution in [1.29, 1.82) is 0 Å². The third-order valence-corrected chi connectivity index (χ3v) is 3.40. The summed E-state index contributed by atoms with van der Waals surface area (Å²) in [6.07, 6.45) is 2.20. The molecule has 0 spiro atoms. The molecule has 3 nitrogen and oxygen atoms in total. The van der Waals surface area contributed by atoms with Crippen LogP contribution < -0.4 is 5.56 Å². The largest absolute Gasteiger partial charge is 0.396 e. The van der Waals surface area contributed by atoms with Crippen molar-refractivity contribution in [1.82, 2.24) is 4.98 Å². The van der Waals surface area contributed by atoms with Gasteiger partial charge >= 0.3 is 0 Å². The second-order valence-electron chi connectivity index (χ2n) is 4.16. The zero-order valence-electron chi connectivity index (χ0n) is 9.67. The van der Waals surface area contributed by atoms with Gasteiger partial charge in [0, 0.05) is 17.7 Å². The molecule has 2 aromatic rings. The molecule has 0 atom stereocenters. The summed E-state index contributed by atoms with van der Waals surface area (Å²) in [6.45, 7) is 0.147. The van der Waals surface area contributed by atoms with Gasteiger partial charge in [0.15, 0.2) is 0 Å². The number of H-pyrrole nitrogens is 1. The highest BCUT2D eigenvalue weighted by Crippen LogP contribution is 2.21. The molecule has 0 aliphatic rings. The number of rotatable bonds is 4. The number of nitrogens with one attached hydrogen (secondary N) is 1. The third-order valence-electron chi connectivity index (χ3n) is 2.80. The molecular weight excluding hydrogens is 301 g/mol. The molecule has 0 unspecified atom stereocenters. The smallest absolute Gasteiger partial charge is 0.256 e. The first-order chi connectivity index (χ1) is 8.61. The van der Waals surface area contributed by atoms with Crippen molar-refractivity contribution in [2.45, 2.75) is 19.3 Å². The Morgan fingerprint density at radius 1 is 1.28 bits per heavy atom. The van der Waals surface area contributed by atoms with Crippen molar-refractivity contribution in [3.63, 3.8) is 0 Å². The first-order valence-corrected chi connectivity index (χ1v) is 6.53. The Bertz CT molecular complexity index is 624. The lowest BCUT2D eigenvalue weighted by Crippen LogP contribution is -2.10. The minimum Gasteiger partial charge on any atom is -0.396 e. The van der Waals surface area contributed by atoms with Gasteiger partial charge in [-0.2, -0.15) is 0 Å². The Kier molecular flexibility index (Phi) is 4.14. The molecule has 0 aliphatic heterocycles. The fraction of sp³-hybridized carbons (Fsp3) is 0.308. The van der Waals surface area contributed by atoms with Gasteiger partial charge in [-0.25, -0.2) is 4.39 Å². The quantitative estimate of drug-likeness (QED) is 0.853. The van der Waals surface area contributed by atoms with Crippen LogP contribution in [0.5, 0.6) is 0 Å². The molecule has 0 aliphatic carbocycles. The number of benzene rings is 1. The van der Waals surface area contributed by atoms with Gasteiger partial charge in [-0.05, 0) is 58.8 Å². The molecule has 2 N–H and O–H groups in total. The highest BCUT2D eigenvalue weighted by molar-refractivity contribution is 9.10. The van der Waals surface area contributed by atoms with Gasteiger partial charge in [0.05, 0.1) is 4.47 Å². The van der Waals surface area contributed by atoms with Crippen LogP contribution in [0.2, 0.25) is 0 Å². The van der Waals surface area contributed by atoms with Gasteiger partial charge in [0.25, 0.3) is 5.56 Å². The van der Waals surface area contributed by atoms with E-state index in [9.17, 15) is 9.18 Å². The summed E-state index contributed by atoms with van der Waals surface area (Å²) in [5, 5.41) is 9.78. The SMILES string of the molecule is O=c1[nH]c(CCCCO)cc2cc(Br)c(F)cc12. The maximum absolute atomic E-state index is 13.4. The fourth-order valence-electron chi connectivity index (χ4n) is 1.88. The van der Waals surface area contributed by atoms with E-state index >= 15 is 0 Å². The van der Waals surface area contributed by atoms with Crippen LogP contribution in [0.1, 0.15) is 18.5 Å². The van der Waals surface area contributed by atoms with Gasteiger partial charge in [-0.3, -0.25) is 4.79 Å². The minimum absolute atomic E-state index is 0.147. The van der Waals surface area contributed by atoms with Gasteiger partial charge in [0.1, 0.15) is 5.82 Å². The van der Waals surface area contributed by atoms with E-state index in [4.69, 9.17) is 5.11 Å². The Balaban J connectivity index is 2.42. The molecule has 0 bridgehead atoms. The summed E-state index contributed by atoms with van der Waals surface area (Å²) >= 11 is 3.11. The molecule has 5 heteroatoms. The van der Waals surface area contributed by atoms with E-state index in [1.165, 1.54) is 6.07 Å². The summed E-state index contributed by atoms with van der Waals surface area (Å²) in [6, 6.07) is 4.68. The van der Waals surface area contributed by atoms with E-state index in [1.807, 2.05) is 6.07 Å².